The molecule has 2 N–H and O–H groups in total. The summed E-state index contributed by atoms with van der Waals surface area (Å²) in [6.45, 7) is 1.71. The molecule has 1 aliphatic rings. The third-order valence-electron chi connectivity index (χ3n) is 5.93. The third-order valence-corrected chi connectivity index (χ3v) is 5.93. The van der Waals surface area contributed by atoms with Gasteiger partial charge in [0, 0.05) is 12.7 Å². The fraction of sp³-hybridized carbons (Fsp3) is 0.375. The van der Waals surface area contributed by atoms with Crippen molar-refractivity contribution in [3.05, 3.63) is 40.1 Å². The predicted molar refractivity (Wildman–Crippen MR) is 128 cm³/mol. The van der Waals surface area contributed by atoms with Crippen LogP contribution < -0.4 is 15.0 Å². The van der Waals surface area contributed by atoms with Gasteiger partial charge in [0.15, 0.2) is 0 Å². The fourth-order valence-electron chi connectivity index (χ4n) is 4.12. The number of ether oxygens (including phenoxy) is 2. The number of aromatic hydroxyl groups is 1. The van der Waals surface area contributed by atoms with Crippen molar-refractivity contribution in [3.8, 4) is 39.8 Å². The van der Waals surface area contributed by atoms with E-state index in [2.05, 4.69) is 15.2 Å². The van der Waals surface area contributed by atoms with E-state index in [1.165, 1.54) is 26.2 Å². The molecule has 0 radical (unpaired) electrons. The van der Waals surface area contributed by atoms with Crippen LogP contribution in [-0.2, 0) is 17.8 Å². The zero-order chi connectivity index (χ0) is 26.0. The molecule has 2 aromatic heterocycles. The van der Waals surface area contributed by atoms with Gasteiger partial charge >= 0.3 is 6.03 Å². The molecule has 36 heavy (non-hydrogen) atoms. The molecule has 1 aliphatic heterocycles. The molecule has 190 valence electrons. The van der Waals surface area contributed by atoms with Crippen LogP contribution in [0.2, 0.25) is 0 Å². The van der Waals surface area contributed by atoms with Gasteiger partial charge in [-0.1, -0.05) is 19.4 Å². The smallest absolute Gasteiger partial charge is 0.327 e. The molecular formula is C24H27N5O7. The van der Waals surface area contributed by atoms with Crippen molar-refractivity contribution in [2.75, 3.05) is 27.8 Å². The number of rotatable bonds is 9. The second kappa shape index (κ2) is 10.1. The minimum absolute atomic E-state index is 0.0520. The van der Waals surface area contributed by atoms with E-state index in [0.29, 0.717) is 34.7 Å². The average Bonchev–Trinajstić information content (AvgIpc) is 3.41. The Labute approximate surface area is 206 Å². The number of imide groups is 1. The molecule has 3 amide bonds. The van der Waals surface area contributed by atoms with Crippen molar-refractivity contribution < 1.29 is 28.6 Å². The summed E-state index contributed by atoms with van der Waals surface area (Å²) in [6, 6.07) is 4.69. The zero-order valence-corrected chi connectivity index (χ0v) is 20.5. The quantitative estimate of drug-likeness (QED) is 0.425. The van der Waals surface area contributed by atoms with Crippen LogP contribution in [0.5, 0.6) is 17.2 Å². The number of aromatic nitrogens is 3. The van der Waals surface area contributed by atoms with Crippen molar-refractivity contribution >= 4 is 11.9 Å². The fourth-order valence-corrected chi connectivity index (χ4v) is 4.12. The summed E-state index contributed by atoms with van der Waals surface area (Å²) in [5, 5.41) is 19.2. The number of unbranched alkanes of at least 4 members (excludes halogenated alkanes) is 1. The number of nitrogens with one attached hydrogen (secondary N) is 1. The highest BCUT2D eigenvalue weighted by Gasteiger charge is 2.35. The van der Waals surface area contributed by atoms with Crippen molar-refractivity contribution in [2.45, 2.75) is 32.7 Å². The average molecular weight is 498 g/mol. The molecule has 0 saturated carbocycles. The summed E-state index contributed by atoms with van der Waals surface area (Å²) < 4.78 is 16.7. The number of urea groups is 1. The van der Waals surface area contributed by atoms with Gasteiger partial charge in [-0.25, -0.2) is 4.79 Å². The maximum absolute atomic E-state index is 13.1. The lowest BCUT2D eigenvalue weighted by molar-refractivity contribution is -0.125. The second-order valence-electron chi connectivity index (χ2n) is 8.29. The Hall–Kier alpha value is -4.35. The Morgan fingerprint density at radius 3 is 2.36 bits per heavy atom. The molecule has 0 bridgehead atoms. The largest absolute Gasteiger partial charge is 0.506 e. The lowest BCUT2D eigenvalue weighted by atomic mass is 9.96. The molecule has 3 heterocycles. The monoisotopic (exact) mass is 497 g/mol. The number of H-pyrrole nitrogens is 1. The molecule has 1 fully saturated rings. The lowest BCUT2D eigenvalue weighted by Gasteiger charge is -2.18. The van der Waals surface area contributed by atoms with E-state index >= 15 is 0 Å². The molecule has 1 aromatic carbocycles. The Morgan fingerprint density at radius 1 is 1.08 bits per heavy atom. The molecule has 0 aliphatic carbocycles. The molecular weight excluding hydrogens is 470 g/mol. The summed E-state index contributed by atoms with van der Waals surface area (Å²) in [5.74, 6) is -0.242. The summed E-state index contributed by atoms with van der Waals surface area (Å²) in [5.41, 5.74) is 0.410. The van der Waals surface area contributed by atoms with Gasteiger partial charge in [-0.2, -0.15) is 0 Å². The van der Waals surface area contributed by atoms with Crippen LogP contribution in [0.25, 0.3) is 22.6 Å². The maximum atomic E-state index is 13.1. The van der Waals surface area contributed by atoms with Crippen LogP contribution >= 0.6 is 0 Å². The number of hydrogen-bond acceptors (Lipinski definition) is 9. The molecule has 12 nitrogen and oxygen atoms in total. The van der Waals surface area contributed by atoms with E-state index < -0.39 is 17.5 Å². The van der Waals surface area contributed by atoms with Gasteiger partial charge in [0.05, 0.1) is 25.3 Å². The van der Waals surface area contributed by atoms with Crippen molar-refractivity contribution in [3.63, 3.8) is 0 Å². The Kier molecular flexibility index (Phi) is 6.95. The number of pyridine rings is 1. The Balaban J connectivity index is 1.84. The van der Waals surface area contributed by atoms with Gasteiger partial charge in [0.1, 0.15) is 35.9 Å². The van der Waals surface area contributed by atoms with Crippen LogP contribution in [0.15, 0.2) is 27.4 Å². The zero-order valence-electron chi connectivity index (χ0n) is 20.5. The molecule has 0 atom stereocenters. The second-order valence-corrected chi connectivity index (χ2v) is 8.29. The number of aryl methyl sites for hydroxylation is 1. The number of hydrogen-bond donors (Lipinski definition) is 2. The van der Waals surface area contributed by atoms with Crippen LogP contribution in [-0.4, -0.2) is 69.8 Å². The molecule has 12 heteroatoms. The van der Waals surface area contributed by atoms with Gasteiger partial charge in [-0.05, 0) is 25.0 Å². The van der Waals surface area contributed by atoms with Crippen LogP contribution in [0.3, 0.4) is 0 Å². The standard InChI is InChI=1S/C24H27N5O7/c1-5-6-8-13-18(19-14(34-3)9-7-10-15(19)35-4)21(31)20(22(32)25-13)23-27-26-16(36-23)11-29-17(30)12-28(2)24(29)33/h7,9-10H,5-6,8,11-12H2,1-4H3,(H2,25,31,32). The van der Waals surface area contributed by atoms with Gasteiger partial charge in [-0.15, -0.1) is 10.2 Å². The molecule has 0 spiro atoms. The minimum atomic E-state index is -0.625. The van der Waals surface area contributed by atoms with Gasteiger partial charge < -0.3 is 28.9 Å². The number of benzene rings is 1. The number of amides is 3. The third kappa shape index (κ3) is 4.37. The maximum Gasteiger partial charge on any atom is 0.327 e. The number of carbonyl (C=O) groups excluding carboxylic acids is 2. The van der Waals surface area contributed by atoms with E-state index in [0.717, 1.165) is 17.7 Å². The van der Waals surface area contributed by atoms with Crippen molar-refractivity contribution in [1.82, 2.24) is 25.0 Å². The number of methoxy groups -OCH3 is 2. The van der Waals surface area contributed by atoms with Crippen molar-refractivity contribution in [2.24, 2.45) is 0 Å². The van der Waals surface area contributed by atoms with Gasteiger partial charge in [-0.3, -0.25) is 14.5 Å². The van der Waals surface area contributed by atoms with Crippen molar-refractivity contribution in [1.29, 1.82) is 0 Å². The predicted octanol–water partition coefficient (Wildman–Crippen LogP) is 2.55. The highest BCUT2D eigenvalue weighted by atomic mass is 16.5. The molecule has 1 saturated heterocycles. The first-order valence-corrected chi connectivity index (χ1v) is 11.4. The first-order valence-electron chi connectivity index (χ1n) is 11.4. The van der Waals surface area contributed by atoms with E-state index in [4.69, 9.17) is 13.9 Å². The first-order chi connectivity index (χ1) is 17.3. The van der Waals surface area contributed by atoms with E-state index in [1.54, 1.807) is 18.2 Å². The van der Waals surface area contributed by atoms with Crippen LogP contribution in [0, 0.1) is 0 Å². The molecule has 0 unspecified atom stereocenters. The Bertz CT molecular complexity index is 1340. The summed E-state index contributed by atoms with van der Waals surface area (Å²) >= 11 is 0. The van der Waals surface area contributed by atoms with E-state index in [9.17, 15) is 19.5 Å². The summed E-state index contributed by atoms with van der Waals surface area (Å²) in [4.78, 5) is 42.4. The molecule has 4 rings (SSSR count). The highest BCUT2D eigenvalue weighted by molar-refractivity contribution is 6.01. The van der Waals surface area contributed by atoms with Crippen LogP contribution in [0.1, 0.15) is 31.4 Å². The number of nitrogens with zero attached hydrogens (tertiary/aromatic N) is 4. The highest BCUT2D eigenvalue weighted by Crippen LogP contribution is 2.46. The van der Waals surface area contributed by atoms with E-state index in [-0.39, 0.29) is 36.2 Å². The number of likely N-dealkylation sites (N-methyl/N-ethyl adjacent to an activating group) is 1. The lowest BCUT2D eigenvalue weighted by Crippen LogP contribution is -2.31. The normalized spacial score (nSPS) is 13.6. The number of carbonyl (C=O) groups is 2. The van der Waals surface area contributed by atoms with Crippen LogP contribution in [0.4, 0.5) is 4.79 Å². The summed E-state index contributed by atoms with van der Waals surface area (Å²) in [7, 11) is 4.50. The van der Waals surface area contributed by atoms with Gasteiger partial charge in [0.2, 0.25) is 5.89 Å². The minimum Gasteiger partial charge on any atom is -0.506 e. The number of aromatic amines is 1. The summed E-state index contributed by atoms with van der Waals surface area (Å²) in [6.07, 6.45) is 2.11. The SMILES string of the molecule is CCCCc1[nH]c(=O)c(-c2nnc(CN3C(=O)CN(C)C3=O)o2)c(O)c1-c1c(OC)cccc1OC. The topological polar surface area (TPSA) is 151 Å². The Morgan fingerprint density at radius 2 is 1.78 bits per heavy atom. The van der Waals surface area contributed by atoms with E-state index in [1.807, 2.05) is 6.92 Å². The molecule has 3 aromatic rings. The van der Waals surface area contributed by atoms with Gasteiger partial charge in [0.25, 0.3) is 17.4 Å². The first kappa shape index (κ1) is 24.8.